The van der Waals surface area contributed by atoms with E-state index in [0.29, 0.717) is 58.5 Å². The summed E-state index contributed by atoms with van der Waals surface area (Å²) in [6, 6.07) is 0. The quantitative estimate of drug-likeness (QED) is 0.0293. The summed E-state index contributed by atoms with van der Waals surface area (Å²) in [4.78, 5) is 21.2. The molecule has 2 fully saturated rings. The predicted molar refractivity (Wildman–Crippen MR) is 454 cm³/mol. The van der Waals surface area contributed by atoms with Crippen LogP contribution in [0.25, 0.3) is 0 Å². The molecule has 0 aromatic heterocycles. The van der Waals surface area contributed by atoms with E-state index in [1.807, 2.05) is 20.8 Å². The van der Waals surface area contributed by atoms with Crippen LogP contribution in [0.2, 0.25) is 0 Å². The Balaban J connectivity index is 0. The lowest BCUT2D eigenvalue weighted by molar-refractivity contribution is -0.142. The average Bonchev–Trinajstić information content (AvgIpc) is 0.827. The number of aliphatic hydroxyl groups is 5. The molecule has 0 aromatic rings. The van der Waals surface area contributed by atoms with Crippen molar-refractivity contribution < 1.29 is 49.3 Å². The van der Waals surface area contributed by atoms with Gasteiger partial charge in [0.25, 0.3) is 0 Å². The lowest BCUT2D eigenvalue weighted by atomic mass is 9.61. The largest absolute Gasteiger partial charge is 0.469 e. The van der Waals surface area contributed by atoms with Crippen molar-refractivity contribution in [3.8, 4) is 0 Å². The van der Waals surface area contributed by atoms with Gasteiger partial charge in [-0.2, -0.15) is 0 Å². The van der Waals surface area contributed by atoms with Crippen LogP contribution in [0.3, 0.4) is 0 Å². The molecule has 10 heteroatoms. The molecule has 2 saturated carbocycles. The first-order chi connectivity index (χ1) is 51.3. The number of ether oxygens (including phenoxy) is 3. The smallest absolute Gasteiger partial charge is 0.305 e. The fourth-order valence-electron chi connectivity index (χ4n) is 17.9. The molecule has 0 aliphatic heterocycles. The Bertz CT molecular complexity index is 1680. The first-order valence-electron chi connectivity index (χ1n) is 47.1. The van der Waals surface area contributed by atoms with E-state index in [1.54, 1.807) is 44.9 Å². The molecule has 2 aliphatic rings. The van der Waals surface area contributed by atoms with E-state index in [1.165, 1.54) is 329 Å². The van der Waals surface area contributed by atoms with E-state index < -0.39 is 5.41 Å². The summed E-state index contributed by atoms with van der Waals surface area (Å²) >= 11 is 0. The van der Waals surface area contributed by atoms with Crippen molar-refractivity contribution in [3.63, 3.8) is 0 Å². The highest BCUT2D eigenvalue weighted by Gasteiger charge is 2.40. The molecule has 0 amide bonds. The highest BCUT2D eigenvalue weighted by molar-refractivity contribution is 5.70. The molecule has 2 aliphatic carbocycles. The number of hydrogen-bond acceptors (Lipinski definition) is 10. The maximum absolute atomic E-state index is 10.6. The highest BCUT2D eigenvalue weighted by Crippen LogP contribution is 2.50. The molecule has 0 spiro atoms. The summed E-state index contributed by atoms with van der Waals surface area (Å²) in [7, 11) is 2.70. The molecule has 0 heterocycles. The van der Waals surface area contributed by atoms with E-state index in [-0.39, 0.29) is 37.2 Å². The second-order valence-corrected chi connectivity index (χ2v) is 34.1. The number of hydrogen-bond donors (Lipinski definition) is 5. The van der Waals surface area contributed by atoms with Crippen molar-refractivity contribution in [2.24, 2.45) is 58.2 Å². The maximum Gasteiger partial charge on any atom is 0.305 e. The van der Waals surface area contributed by atoms with Gasteiger partial charge >= 0.3 is 11.9 Å². The van der Waals surface area contributed by atoms with Gasteiger partial charge in [-0.25, -0.2) is 0 Å². The molecular formula is C95H190O10. The van der Waals surface area contributed by atoms with Gasteiger partial charge in [-0.1, -0.05) is 371 Å². The van der Waals surface area contributed by atoms with Gasteiger partial charge in [-0.05, 0) is 144 Å². The monoisotopic (exact) mass is 1490 g/mol. The lowest BCUT2D eigenvalue weighted by Gasteiger charge is -2.44. The number of unbranched alkanes of at least 4 members (excludes halogenated alkanes) is 39. The lowest BCUT2D eigenvalue weighted by Crippen LogP contribution is -2.37. The van der Waals surface area contributed by atoms with Crippen LogP contribution < -0.4 is 0 Å². The molecule has 8 atom stereocenters. The normalized spacial score (nSPS) is 18.9. The summed E-state index contributed by atoms with van der Waals surface area (Å²) in [5, 5.41) is 45.9. The SMILES string of the molecule is CCC(CC)(CO)COCC(CC)(CO)CO.CCCCCCCCCC1CCC(CCCCCC)C(CCCCC)C1CCCCCCCCCCCO.CCCCCCCCCC1CCC(CCCCCC)C(CCCCCC)C1CCCCCCCCCCO.COC(=O)CCCCC(=O)OC. The van der Waals surface area contributed by atoms with Gasteiger partial charge < -0.3 is 39.7 Å². The summed E-state index contributed by atoms with van der Waals surface area (Å²) in [5.41, 5.74) is -0.743. The number of rotatable bonds is 71. The van der Waals surface area contributed by atoms with Crippen LogP contribution in [0.15, 0.2) is 0 Å². The van der Waals surface area contributed by atoms with Gasteiger partial charge in [0, 0.05) is 36.9 Å². The van der Waals surface area contributed by atoms with Gasteiger partial charge in [0.05, 0.1) is 47.3 Å². The number of carbonyl (C=O) groups excluding carboxylic acids is 2. The minimum absolute atomic E-state index is 0.0790. The minimum Gasteiger partial charge on any atom is -0.469 e. The Hall–Kier alpha value is -1.30. The molecule has 0 aromatic carbocycles. The van der Waals surface area contributed by atoms with Crippen molar-refractivity contribution in [1.29, 1.82) is 0 Å². The number of methoxy groups -OCH3 is 2. The minimum atomic E-state index is -0.553. The van der Waals surface area contributed by atoms with E-state index in [0.717, 1.165) is 73.0 Å². The van der Waals surface area contributed by atoms with Crippen LogP contribution in [0.5, 0.6) is 0 Å². The van der Waals surface area contributed by atoms with Crippen LogP contribution in [-0.2, 0) is 23.8 Å². The fraction of sp³-hybridized carbons (Fsp3) is 0.979. The van der Waals surface area contributed by atoms with Gasteiger partial charge in [0.2, 0.25) is 0 Å². The fourth-order valence-corrected chi connectivity index (χ4v) is 17.9. The Morgan fingerprint density at radius 3 is 0.695 bits per heavy atom. The molecule has 630 valence electrons. The molecule has 105 heavy (non-hydrogen) atoms. The number of carbonyl (C=O) groups is 2. The van der Waals surface area contributed by atoms with E-state index in [2.05, 4.69) is 51.0 Å². The third-order valence-corrected chi connectivity index (χ3v) is 25.8. The molecule has 8 unspecified atom stereocenters. The van der Waals surface area contributed by atoms with Crippen LogP contribution >= 0.6 is 0 Å². The van der Waals surface area contributed by atoms with Crippen molar-refractivity contribution in [1.82, 2.24) is 0 Å². The molecule has 10 nitrogen and oxygen atoms in total. The molecule has 0 saturated heterocycles. The summed E-state index contributed by atoms with van der Waals surface area (Å²) in [6.07, 6.45) is 88.0. The summed E-state index contributed by atoms with van der Waals surface area (Å²) in [6.45, 7) is 21.6. The molecule has 2 rings (SSSR count). The van der Waals surface area contributed by atoms with Crippen molar-refractivity contribution in [2.75, 3.05) is 60.5 Å². The zero-order chi connectivity index (χ0) is 77.8. The Kier molecular flexibility index (Phi) is 79.9. The zero-order valence-electron chi connectivity index (χ0n) is 72.8. The molecule has 5 N–H and O–H groups in total. The van der Waals surface area contributed by atoms with E-state index in [9.17, 15) is 24.9 Å². The maximum atomic E-state index is 10.6. The molecule has 0 radical (unpaired) electrons. The summed E-state index contributed by atoms with van der Waals surface area (Å²) < 4.78 is 14.5. The van der Waals surface area contributed by atoms with Gasteiger partial charge in [-0.3, -0.25) is 9.59 Å². The Labute approximate surface area is 656 Å². The van der Waals surface area contributed by atoms with Gasteiger partial charge in [0.15, 0.2) is 0 Å². The second-order valence-electron chi connectivity index (χ2n) is 34.1. The highest BCUT2D eigenvalue weighted by atomic mass is 16.5. The van der Waals surface area contributed by atoms with Crippen LogP contribution in [0.4, 0.5) is 0 Å². The van der Waals surface area contributed by atoms with Crippen molar-refractivity contribution in [3.05, 3.63) is 0 Å². The first-order valence-corrected chi connectivity index (χ1v) is 47.1. The predicted octanol–water partition coefficient (Wildman–Crippen LogP) is 27.7. The average molecular weight is 1490 g/mol. The van der Waals surface area contributed by atoms with Gasteiger partial charge in [0.1, 0.15) is 0 Å². The van der Waals surface area contributed by atoms with Crippen molar-refractivity contribution in [2.45, 2.75) is 480 Å². The zero-order valence-corrected chi connectivity index (χ0v) is 72.8. The van der Waals surface area contributed by atoms with Crippen LogP contribution in [0, 0.1) is 58.2 Å². The standard InChI is InChI=1S/2C37H74O.C13H28O4.C8H14O4/c1-4-7-10-12-16-19-24-28-35-32-31-34(27-23-11-8-5-2)36(29-22-9-6-3)37(35)30-25-20-17-14-13-15-18-21-26-33-38;1-4-7-10-13-16-19-23-28-35-32-31-34(27-22-11-8-5-2)36(29-24-12-9-6-3)37(35)30-25-20-17-14-15-18-21-26-33-38;1-4-12(5-2,7-14)10-17-11-13(6-3,8-15)9-16;1-11-7(9)5-3-4-6-8(10)12-2/h2*34-38H,4-33H2,1-3H3;14-16H,4-11H2,1-3H3;3-6H2,1-2H3. The molecule has 0 bridgehead atoms. The third kappa shape index (κ3) is 58.3. The first kappa shape index (κ1) is 106. The van der Waals surface area contributed by atoms with Crippen molar-refractivity contribution >= 4 is 11.9 Å². The number of esters is 2. The summed E-state index contributed by atoms with van der Waals surface area (Å²) in [5.74, 6) is 7.82. The van der Waals surface area contributed by atoms with Crippen LogP contribution in [-0.4, -0.2) is 97.9 Å². The Morgan fingerprint density at radius 1 is 0.267 bits per heavy atom. The molecular weight excluding hydrogens is 1300 g/mol. The topological polar surface area (TPSA) is 163 Å². The van der Waals surface area contributed by atoms with E-state index in [4.69, 9.17) is 14.9 Å². The van der Waals surface area contributed by atoms with Crippen LogP contribution in [0.1, 0.15) is 480 Å². The van der Waals surface area contributed by atoms with Gasteiger partial charge in [-0.15, -0.1) is 0 Å². The number of aliphatic hydroxyl groups excluding tert-OH is 5. The Morgan fingerprint density at radius 2 is 0.467 bits per heavy atom. The second kappa shape index (κ2) is 79.3. The third-order valence-electron chi connectivity index (χ3n) is 25.8. The van der Waals surface area contributed by atoms with E-state index >= 15 is 0 Å².